The molecule has 0 amide bonds. The van der Waals surface area contributed by atoms with Crippen molar-refractivity contribution in [1.29, 1.82) is 0 Å². The van der Waals surface area contributed by atoms with Crippen LogP contribution < -0.4 is 5.73 Å². The zero-order chi connectivity index (χ0) is 14.8. The van der Waals surface area contributed by atoms with Gasteiger partial charge in [-0.1, -0.05) is 13.3 Å². The van der Waals surface area contributed by atoms with E-state index in [0.717, 1.165) is 13.1 Å². The van der Waals surface area contributed by atoms with E-state index >= 15 is 0 Å². The molecule has 118 valence electrons. The second-order valence-corrected chi connectivity index (χ2v) is 6.63. The quantitative estimate of drug-likeness (QED) is 0.858. The lowest BCUT2D eigenvalue weighted by atomic mass is 9.75. The Hall–Kier alpha value is -0.290. The second kappa shape index (κ2) is 6.22. The first kappa shape index (κ1) is 16.1. The molecule has 0 spiro atoms. The summed E-state index contributed by atoms with van der Waals surface area (Å²) in [4.78, 5) is 2.40. The van der Waals surface area contributed by atoms with Crippen molar-refractivity contribution in [2.75, 3.05) is 19.6 Å². The maximum Gasteiger partial charge on any atom is 0.391 e. The first-order valence-electron chi connectivity index (χ1n) is 7.93. The molecule has 20 heavy (non-hydrogen) atoms. The summed E-state index contributed by atoms with van der Waals surface area (Å²) in [7, 11) is 0. The lowest BCUT2D eigenvalue weighted by Gasteiger charge is -2.46. The first-order chi connectivity index (χ1) is 9.41. The molecule has 1 saturated carbocycles. The number of nitrogens with zero attached hydrogens (tertiary/aromatic N) is 1. The van der Waals surface area contributed by atoms with E-state index in [1.54, 1.807) is 0 Å². The van der Waals surface area contributed by atoms with Crippen molar-refractivity contribution in [2.24, 2.45) is 17.6 Å². The van der Waals surface area contributed by atoms with Gasteiger partial charge in [-0.3, -0.25) is 4.90 Å². The summed E-state index contributed by atoms with van der Waals surface area (Å²) in [6.45, 7) is 4.73. The van der Waals surface area contributed by atoms with Crippen molar-refractivity contribution < 1.29 is 13.2 Å². The van der Waals surface area contributed by atoms with Gasteiger partial charge in [-0.05, 0) is 51.0 Å². The number of likely N-dealkylation sites (tertiary alicyclic amines) is 1. The molecule has 1 saturated heterocycles. The third-order valence-electron chi connectivity index (χ3n) is 5.41. The van der Waals surface area contributed by atoms with Gasteiger partial charge in [0.2, 0.25) is 0 Å². The smallest absolute Gasteiger partial charge is 0.329 e. The average molecular weight is 292 g/mol. The van der Waals surface area contributed by atoms with Crippen molar-refractivity contribution in [3.05, 3.63) is 0 Å². The minimum Gasteiger partial charge on any atom is -0.329 e. The Morgan fingerprint density at radius 1 is 1.20 bits per heavy atom. The zero-order valence-corrected chi connectivity index (χ0v) is 12.4. The SMILES string of the molecule is CCCC1CCN(C2(CN)CCC(C(F)(F)F)CC2)C1. The van der Waals surface area contributed by atoms with Crippen LogP contribution in [-0.2, 0) is 0 Å². The van der Waals surface area contributed by atoms with Gasteiger partial charge in [-0.15, -0.1) is 0 Å². The molecule has 2 N–H and O–H groups in total. The molecule has 2 rings (SSSR count). The minimum absolute atomic E-state index is 0.162. The van der Waals surface area contributed by atoms with Crippen molar-refractivity contribution in [1.82, 2.24) is 4.90 Å². The fourth-order valence-corrected chi connectivity index (χ4v) is 4.04. The fraction of sp³-hybridized carbons (Fsp3) is 1.00. The molecule has 2 aliphatic rings. The molecule has 2 fully saturated rings. The van der Waals surface area contributed by atoms with Crippen LogP contribution in [0.1, 0.15) is 51.9 Å². The van der Waals surface area contributed by atoms with Gasteiger partial charge < -0.3 is 5.73 Å². The molecule has 1 atom stereocenters. The summed E-state index contributed by atoms with van der Waals surface area (Å²) >= 11 is 0. The molecule has 1 aliphatic carbocycles. The highest BCUT2D eigenvalue weighted by molar-refractivity contribution is 4.99. The molecule has 0 aromatic carbocycles. The molecule has 0 radical (unpaired) electrons. The molecule has 1 heterocycles. The highest BCUT2D eigenvalue weighted by Crippen LogP contribution is 2.44. The molecule has 1 aliphatic heterocycles. The van der Waals surface area contributed by atoms with Gasteiger partial charge in [0.05, 0.1) is 5.92 Å². The van der Waals surface area contributed by atoms with Crippen molar-refractivity contribution >= 4 is 0 Å². The summed E-state index contributed by atoms with van der Waals surface area (Å²) in [6.07, 6.45) is 1.26. The van der Waals surface area contributed by atoms with E-state index in [4.69, 9.17) is 5.73 Å². The largest absolute Gasteiger partial charge is 0.391 e. The van der Waals surface area contributed by atoms with Crippen molar-refractivity contribution in [2.45, 2.75) is 63.6 Å². The summed E-state index contributed by atoms with van der Waals surface area (Å²) in [5.41, 5.74) is 5.81. The Labute approximate surface area is 119 Å². The first-order valence-corrected chi connectivity index (χ1v) is 7.93. The van der Waals surface area contributed by atoms with Crippen molar-refractivity contribution in [3.63, 3.8) is 0 Å². The van der Waals surface area contributed by atoms with Gasteiger partial charge in [-0.25, -0.2) is 0 Å². The fourth-order valence-electron chi connectivity index (χ4n) is 4.04. The van der Waals surface area contributed by atoms with E-state index in [-0.39, 0.29) is 18.4 Å². The molecular formula is C15H27F3N2. The Kier molecular flexibility index (Phi) is 5.00. The van der Waals surface area contributed by atoms with Crippen LogP contribution in [0.3, 0.4) is 0 Å². The topological polar surface area (TPSA) is 29.3 Å². The number of hydrogen-bond acceptors (Lipinski definition) is 2. The van der Waals surface area contributed by atoms with Crippen LogP contribution in [0.5, 0.6) is 0 Å². The maximum atomic E-state index is 12.8. The summed E-state index contributed by atoms with van der Waals surface area (Å²) in [5.74, 6) is -0.403. The molecule has 0 bridgehead atoms. The third-order valence-corrected chi connectivity index (χ3v) is 5.41. The molecular weight excluding hydrogens is 265 g/mol. The molecule has 5 heteroatoms. The van der Waals surface area contributed by atoms with Crippen LogP contribution in [0, 0.1) is 11.8 Å². The normalized spacial score (nSPS) is 36.5. The average Bonchev–Trinajstić information content (AvgIpc) is 2.87. The van der Waals surface area contributed by atoms with Gasteiger partial charge >= 0.3 is 6.18 Å². The Bertz CT molecular complexity index is 309. The lowest BCUT2D eigenvalue weighted by molar-refractivity contribution is -0.188. The number of rotatable bonds is 4. The summed E-state index contributed by atoms with van der Waals surface area (Å²) in [5, 5.41) is 0. The van der Waals surface area contributed by atoms with E-state index in [1.165, 1.54) is 19.3 Å². The van der Waals surface area contributed by atoms with Crippen molar-refractivity contribution in [3.8, 4) is 0 Å². The Morgan fingerprint density at radius 2 is 1.85 bits per heavy atom. The molecule has 0 aromatic heterocycles. The standard InChI is InChI=1S/C15H27F3N2/c1-2-3-12-6-9-20(10-12)14(11-19)7-4-13(5-8-14)15(16,17)18/h12-13H,2-11,19H2,1H3. The van der Waals surface area contributed by atoms with Gasteiger partial charge in [0.25, 0.3) is 0 Å². The van der Waals surface area contributed by atoms with E-state index in [9.17, 15) is 13.2 Å². The van der Waals surface area contributed by atoms with E-state index in [1.807, 2.05) is 0 Å². The number of hydrogen-bond donors (Lipinski definition) is 1. The minimum atomic E-state index is -4.03. The highest BCUT2D eigenvalue weighted by atomic mass is 19.4. The van der Waals surface area contributed by atoms with Gasteiger partial charge in [0.1, 0.15) is 0 Å². The highest BCUT2D eigenvalue weighted by Gasteiger charge is 2.48. The molecule has 1 unspecified atom stereocenters. The maximum absolute atomic E-state index is 12.8. The second-order valence-electron chi connectivity index (χ2n) is 6.63. The van der Waals surface area contributed by atoms with Gasteiger partial charge in [0.15, 0.2) is 0 Å². The Morgan fingerprint density at radius 3 is 2.35 bits per heavy atom. The third kappa shape index (κ3) is 3.30. The van der Waals surface area contributed by atoms with E-state index in [0.29, 0.717) is 25.3 Å². The predicted octanol–water partition coefficient (Wildman–Crippen LogP) is 3.56. The number of nitrogens with two attached hydrogens (primary N) is 1. The van der Waals surface area contributed by atoms with E-state index in [2.05, 4.69) is 11.8 Å². The van der Waals surface area contributed by atoms with Crippen LogP contribution in [0.15, 0.2) is 0 Å². The number of halogens is 3. The summed E-state index contributed by atoms with van der Waals surface area (Å²) < 4.78 is 38.4. The predicted molar refractivity (Wildman–Crippen MR) is 74.4 cm³/mol. The van der Waals surface area contributed by atoms with Crippen LogP contribution >= 0.6 is 0 Å². The van der Waals surface area contributed by atoms with Crippen LogP contribution in [0.4, 0.5) is 13.2 Å². The van der Waals surface area contributed by atoms with E-state index < -0.39 is 12.1 Å². The monoisotopic (exact) mass is 292 g/mol. The van der Waals surface area contributed by atoms with Crippen LogP contribution in [0.25, 0.3) is 0 Å². The van der Waals surface area contributed by atoms with Gasteiger partial charge in [-0.2, -0.15) is 13.2 Å². The molecule has 2 nitrogen and oxygen atoms in total. The number of alkyl halides is 3. The zero-order valence-electron chi connectivity index (χ0n) is 12.4. The lowest BCUT2D eigenvalue weighted by Crippen LogP contribution is -2.55. The van der Waals surface area contributed by atoms with Gasteiger partial charge in [0, 0.05) is 18.6 Å². The summed E-state index contributed by atoms with van der Waals surface area (Å²) in [6, 6.07) is 0. The van der Waals surface area contributed by atoms with Crippen LogP contribution in [-0.4, -0.2) is 36.2 Å². The van der Waals surface area contributed by atoms with Crippen LogP contribution in [0.2, 0.25) is 0 Å². The molecule has 0 aromatic rings. The Balaban J connectivity index is 1.95.